The molecule has 3 heterocycles. The third-order valence-corrected chi connectivity index (χ3v) is 4.77. The molecule has 0 saturated carbocycles. The lowest BCUT2D eigenvalue weighted by Crippen LogP contribution is -2.34. The highest BCUT2D eigenvalue weighted by Crippen LogP contribution is 2.50. The number of aliphatic imine (C=N–C) groups is 1. The first-order chi connectivity index (χ1) is 12.2. The van der Waals surface area contributed by atoms with Gasteiger partial charge in [0, 0.05) is 17.9 Å². The molecule has 4 rings (SSSR count). The Bertz CT molecular complexity index is 913. The number of amidine groups is 1. The van der Waals surface area contributed by atoms with Gasteiger partial charge in [0.15, 0.2) is 0 Å². The highest BCUT2D eigenvalue weighted by molar-refractivity contribution is 5.97. The van der Waals surface area contributed by atoms with Gasteiger partial charge in [-0.1, -0.05) is 26.0 Å². The van der Waals surface area contributed by atoms with Crippen molar-refractivity contribution in [3.05, 3.63) is 52.5 Å². The molecule has 136 valence electrons. The standard InChI is InChI=1S/C18H16F3N3O2/c1-9(2)16-22-8-14-12-7-13(23(14)16)15(24(12)17(25)26)10-4-3-5-11(6-10)18(19,20)21/h3-6,9H,7-8H2,1-2H3,(H,25,26). The molecule has 0 unspecified atom stereocenters. The minimum atomic E-state index is -4.49. The zero-order chi connectivity index (χ0) is 18.8. The predicted molar refractivity (Wildman–Crippen MR) is 88.8 cm³/mol. The molecule has 1 amide bonds. The van der Waals surface area contributed by atoms with Crippen molar-refractivity contribution < 1.29 is 23.1 Å². The number of carbonyl (C=O) groups is 1. The van der Waals surface area contributed by atoms with Crippen LogP contribution in [-0.2, 0) is 6.18 Å². The molecular weight excluding hydrogens is 347 g/mol. The van der Waals surface area contributed by atoms with Gasteiger partial charge in [-0.3, -0.25) is 9.89 Å². The van der Waals surface area contributed by atoms with Gasteiger partial charge in [0.05, 0.1) is 34.9 Å². The normalized spacial score (nSPS) is 19.1. The van der Waals surface area contributed by atoms with E-state index in [1.54, 1.807) is 0 Å². The zero-order valence-corrected chi connectivity index (χ0v) is 14.1. The van der Waals surface area contributed by atoms with Crippen LogP contribution in [0.2, 0.25) is 0 Å². The van der Waals surface area contributed by atoms with Crippen molar-refractivity contribution in [2.45, 2.75) is 26.4 Å². The molecule has 8 heteroatoms. The van der Waals surface area contributed by atoms with Crippen LogP contribution in [0.15, 0.2) is 46.3 Å². The maximum absolute atomic E-state index is 13.1. The number of carboxylic acid groups (broad SMARTS) is 1. The summed E-state index contributed by atoms with van der Waals surface area (Å²) in [6.07, 6.45) is -5.30. The van der Waals surface area contributed by atoms with Crippen molar-refractivity contribution in [3.8, 4) is 0 Å². The second-order valence-electron chi connectivity index (χ2n) is 6.73. The number of hydrogen-bond acceptors (Lipinski definition) is 3. The molecule has 0 aromatic heterocycles. The van der Waals surface area contributed by atoms with E-state index in [0.29, 0.717) is 24.4 Å². The van der Waals surface area contributed by atoms with E-state index in [2.05, 4.69) is 4.99 Å². The monoisotopic (exact) mass is 363 g/mol. The number of benzene rings is 1. The summed E-state index contributed by atoms with van der Waals surface area (Å²) in [6.45, 7) is 4.36. The lowest BCUT2D eigenvalue weighted by atomic mass is 10.0. The van der Waals surface area contributed by atoms with Crippen molar-refractivity contribution in [3.63, 3.8) is 0 Å². The Morgan fingerprint density at radius 3 is 2.58 bits per heavy atom. The minimum absolute atomic E-state index is 0.126. The summed E-state index contributed by atoms with van der Waals surface area (Å²) < 4.78 is 39.3. The van der Waals surface area contributed by atoms with E-state index >= 15 is 0 Å². The number of halogens is 3. The topological polar surface area (TPSA) is 56.1 Å². The summed E-state index contributed by atoms with van der Waals surface area (Å²) in [5.41, 5.74) is 1.80. The average Bonchev–Trinajstić information content (AvgIpc) is 3.23. The average molecular weight is 363 g/mol. The molecule has 0 fully saturated rings. The molecule has 1 aromatic carbocycles. The smallest absolute Gasteiger partial charge is 0.416 e. The maximum Gasteiger partial charge on any atom is 0.416 e. The van der Waals surface area contributed by atoms with Crippen LogP contribution in [0, 0.1) is 5.92 Å². The van der Waals surface area contributed by atoms with E-state index in [1.807, 2.05) is 18.7 Å². The largest absolute Gasteiger partial charge is 0.464 e. The fourth-order valence-electron chi connectivity index (χ4n) is 3.75. The molecule has 0 spiro atoms. The highest BCUT2D eigenvalue weighted by atomic mass is 19.4. The first-order valence-corrected chi connectivity index (χ1v) is 8.20. The van der Waals surface area contributed by atoms with Crippen LogP contribution in [0.4, 0.5) is 18.0 Å². The van der Waals surface area contributed by atoms with Gasteiger partial charge in [-0.2, -0.15) is 13.2 Å². The summed E-state index contributed by atoms with van der Waals surface area (Å²) in [4.78, 5) is 19.4. The highest BCUT2D eigenvalue weighted by Gasteiger charge is 2.47. The van der Waals surface area contributed by atoms with E-state index in [0.717, 1.165) is 28.6 Å². The second-order valence-corrected chi connectivity index (χ2v) is 6.73. The van der Waals surface area contributed by atoms with Gasteiger partial charge in [-0.15, -0.1) is 0 Å². The van der Waals surface area contributed by atoms with Crippen LogP contribution in [0.1, 0.15) is 31.4 Å². The van der Waals surface area contributed by atoms with Crippen molar-refractivity contribution in [1.29, 1.82) is 0 Å². The van der Waals surface area contributed by atoms with E-state index < -0.39 is 17.8 Å². The minimum Gasteiger partial charge on any atom is -0.464 e. The summed E-state index contributed by atoms with van der Waals surface area (Å²) in [5, 5.41) is 9.67. The fourth-order valence-corrected chi connectivity index (χ4v) is 3.75. The molecule has 0 saturated heterocycles. The summed E-state index contributed by atoms with van der Waals surface area (Å²) in [7, 11) is 0. The molecule has 0 aliphatic carbocycles. The van der Waals surface area contributed by atoms with Gasteiger partial charge in [0.2, 0.25) is 0 Å². The first kappa shape index (κ1) is 16.7. The van der Waals surface area contributed by atoms with E-state index in [-0.39, 0.29) is 17.2 Å². The Hall–Kier alpha value is -2.77. The van der Waals surface area contributed by atoms with E-state index in [4.69, 9.17) is 0 Å². The van der Waals surface area contributed by atoms with Gasteiger partial charge < -0.3 is 5.11 Å². The molecule has 5 nitrogen and oxygen atoms in total. The van der Waals surface area contributed by atoms with Crippen LogP contribution in [0.5, 0.6) is 0 Å². The third-order valence-electron chi connectivity index (χ3n) is 4.77. The number of alkyl halides is 3. The maximum atomic E-state index is 13.1. The number of hydrogen-bond donors (Lipinski definition) is 1. The van der Waals surface area contributed by atoms with E-state index in [1.165, 1.54) is 12.1 Å². The quantitative estimate of drug-likeness (QED) is 0.850. The predicted octanol–water partition coefficient (Wildman–Crippen LogP) is 4.35. The Morgan fingerprint density at radius 1 is 1.23 bits per heavy atom. The van der Waals surface area contributed by atoms with Crippen LogP contribution < -0.4 is 0 Å². The lowest BCUT2D eigenvalue weighted by molar-refractivity contribution is -0.137. The molecule has 3 aliphatic heterocycles. The van der Waals surface area contributed by atoms with Crippen LogP contribution in [0.3, 0.4) is 0 Å². The molecule has 3 aliphatic rings. The lowest BCUT2D eigenvalue weighted by Gasteiger charge is -2.30. The number of amides is 1. The number of rotatable bonds is 2. The van der Waals surface area contributed by atoms with Crippen LogP contribution in [-0.4, -0.2) is 33.4 Å². The molecule has 0 atom stereocenters. The first-order valence-electron chi connectivity index (χ1n) is 8.20. The van der Waals surface area contributed by atoms with Crippen molar-refractivity contribution in [1.82, 2.24) is 9.80 Å². The van der Waals surface area contributed by atoms with Gasteiger partial charge in [-0.05, 0) is 12.1 Å². The Kier molecular flexibility index (Phi) is 3.44. The van der Waals surface area contributed by atoms with Crippen LogP contribution >= 0.6 is 0 Å². The molecule has 2 bridgehead atoms. The van der Waals surface area contributed by atoms with Crippen LogP contribution in [0.25, 0.3) is 5.70 Å². The van der Waals surface area contributed by atoms with Gasteiger partial charge in [-0.25, -0.2) is 9.69 Å². The second kappa shape index (κ2) is 5.36. The summed E-state index contributed by atoms with van der Waals surface area (Å²) in [6, 6.07) is 4.79. The van der Waals surface area contributed by atoms with Crippen molar-refractivity contribution in [2.75, 3.05) is 6.54 Å². The Labute approximate surface area is 147 Å². The Balaban J connectivity index is 1.87. The Morgan fingerprint density at radius 2 is 1.96 bits per heavy atom. The van der Waals surface area contributed by atoms with Crippen molar-refractivity contribution >= 4 is 17.6 Å². The van der Waals surface area contributed by atoms with Gasteiger partial charge >= 0.3 is 12.3 Å². The number of fused-ring (bicyclic) bond motifs is 4. The van der Waals surface area contributed by atoms with E-state index in [9.17, 15) is 23.1 Å². The molecule has 26 heavy (non-hydrogen) atoms. The third kappa shape index (κ3) is 2.24. The van der Waals surface area contributed by atoms with Crippen molar-refractivity contribution in [2.24, 2.45) is 10.9 Å². The molecule has 1 aromatic rings. The number of nitrogens with zero attached hydrogens (tertiary/aromatic N) is 3. The van der Waals surface area contributed by atoms with Gasteiger partial charge in [0.25, 0.3) is 0 Å². The summed E-state index contributed by atoms with van der Waals surface area (Å²) in [5.74, 6) is 0.945. The molecular formula is C18H16F3N3O2. The summed E-state index contributed by atoms with van der Waals surface area (Å²) >= 11 is 0. The SMILES string of the molecule is CC(C)C1=NCC2=C3CC(=C(c4cccc(C(F)(F)F)c4)N3C(=O)O)N12. The molecule has 0 radical (unpaired) electrons. The molecule has 1 N–H and O–H groups in total. The fraction of sp³-hybridized carbons (Fsp3) is 0.333. The zero-order valence-electron chi connectivity index (χ0n) is 14.1. The van der Waals surface area contributed by atoms with Gasteiger partial charge in [0.1, 0.15) is 5.84 Å².